The molecule has 4 aliphatic carbocycles. The van der Waals surface area contributed by atoms with Crippen molar-refractivity contribution in [3.63, 3.8) is 0 Å². The van der Waals surface area contributed by atoms with Gasteiger partial charge in [-0.25, -0.2) is 0 Å². The summed E-state index contributed by atoms with van der Waals surface area (Å²) in [5.74, 6) is 5.56. The second-order valence-corrected chi connectivity index (χ2v) is 14.6. The molecule has 8 atom stereocenters. The Bertz CT molecular complexity index is 1020. The monoisotopic (exact) mass is 512 g/mol. The first kappa shape index (κ1) is 26.6. The second kappa shape index (κ2) is 10.4. The lowest BCUT2D eigenvalue weighted by molar-refractivity contribution is -0.114. The van der Waals surface area contributed by atoms with Gasteiger partial charge in [0.15, 0.2) is 0 Å². The molecule has 0 aromatic heterocycles. The van der Waals surface area contributed by atoms with Crippen LogP contribution in [-0.4, -0.2) is 5.11 Å². The Kier molecular flexibility index (Phi) is 7.30. The molecule has 2 aromatic rings. The lowest BCUT2D eigenvalue weighted by Crippen LogP contribution is -2.53. The molecule has 0 bridgehead atoms. The molecule has 0 radical (unpaired) electrons. The molecule has 1 unspecified atom stereocenters. The maximum absolute atomic E-state index is 12.0. The molecule has 6 rings (SSSR count). The summed E-state index contributed by atoms with van der Waals surface area (Å²) in [6, 6.07) is 20.7. The van der Waals surface area contributed by atoms with Gasteiger partial charge in [-0.05, 0) is 122 Å². The fourth-order valence-electron chi connectivity index (χ4n) is 11.0. The molecule has 4 saturated carbocycles. The molecule has 38 heavy (non-hydrogen) atoms. The van der Waals surface area contributed by atoms with Crippen LogP contribution in [0.5, 0.6) is 0 Å². The van der Waals surface area contributed by atoms with Crippen LogP contribution in [0.15, 0.2) is 60.7 Å². The maximum Gasteiger partial charge on any atom is 0.115 e. The van der Waals surface area contributed by atoms with E-state index in [0.717, 1.165) is 59.5 Å². The van der Waals surface area contributed by atoms with Crippen LogP contribution in [0.3, 0.4) is 0 Å². The molecule has 0 saturated heterocycles. The van der Waals surface area contributed by atoms with Crippen LogP contribution in [0.1, 0.15) is 115 Å². The molecule has 206 valence electrons. The lowest BCUT2D eigenvalue weighted by Gasteiger charge is -2.61. The zero-order valence-electron chi connectivity index (χ0n) is 24.4. The third-order valence-electron chi connectivity index (χ3n) is 13.0. The first-order chi connectivity index (χ1) is 18.4. The van der Waals surface area contributed by atoms with E-state index in [1.807, 2.05) is 12.1 Å². The highest BCUT2D eigenvalue weighted by molar-refractivity contribution is 5.35. The summed E-state index contributed by atoms with van der Waals surface area (Å²) in [5, 5.41) is 12.0. The Morgan fingerprint density at radius 2 is 1.42 bits per heavy atom. The Hall–Kier alpha value is -1.60. The molecular weight excluding hydrogens is 460 g/mol. The van der Waals surface area contributed by atoms with Gasteiger partial charge in [-0.15, -0.1) is 0 Å². The van der Waals surface area contributed by atoms with Crippen LogP contribution in [0.4, 0.5) is 0 Å². The first-order valence-corrected chi connectivity index (χ1v) is 16.2. The van der Waals surface area contributed by atoms with Gasteiger partial charge in [-0.2, -0.15) is 0 Å². The smallest absolute Gasteiger partial charge is 0.115 e. The standard InChI is InChI=1S/C37H52O/c1-27(13-12-25-37(38,29-15-6-4-7-16-29)30-17-8-5-9-18-30)32-21-22-33-31-20-19-28-14-10-11-24-35(28,2)34(31)23-26-36(32,33)3/h4-9,15-18,27-28,31-34,38H,10-14,19-26H2,1-3H3/t27-,28?,31+,32-,33+,34+,35+,36-/m1/s1. The molecular formula is C37H52O. The largest absolute Gasteiger partial charge is 0.380 e. The van der Waals surface area contributed by atoms with Crippen LogP contribution in [0.2, 0.25) is 0 Å². The SMILES string of the molecule is C[C@H](CCCC(O)(c1ccccc1)c1ccccc1)[C@H]1CC[C@H]2[C@@H]3CCC4CCCC[C@]4(C)[C@H]3CC[C@]12C. The van der Waals surface area contributed by atoms with E-state index in [0.29, 0.717) is 10.8 Å². The van der Waals surface area contributed by atoms with E-state index in [1.54, 1.807) is 0 Å². The Labute approximate surface area is 232 Å². The number of aliphatic hydroxyl groups is 1. The highest BCUT2D eigenvalue weighted by Gasteiger charge is 2.60. The number of rotatable bonds is 7. The van der Waals surface area contributed by atoms with Gasteiger partial charge in [-0.1, -0.05) is 101 Å². The van der Waals surface area contributed by atoms with Gasteiger partial charge in [0.1, 0.15) is 5.60 Å². The Morgan fingerprint density at radius 3 is 2.11 bits per heavy atom. The van der Waals surface area contributed by atoms with E-state index in [9.17, 15) is 5.11 Å². The minimum atomic E-state index is -0.906. The molecule has 0 aliphatic heterocycles. The summed E-state index contributed by atoms with van der Waals surface area (Å²) < 4.78 is 0. The average Bonchev–Trinajstić information content (AvgIpc) is 3.31. The van der Waals surface area contributed by atoms with Crippen LogP contribution < -0.4 is 0 Å². The van der Waals surface area contributed by atoms with Crippen LogP contribution in [0.25, 0.3) is 0 Å². The summed E-state index contributed by atoms with van der Waals surface area (Å²) in [6.07, 6.45) is 18.0. The van der Waals surface area contributed by atoms with Gasteiger partial charge in [-0.3, -0.25) is 0 Å². The Morgan fingerprint density at radius 1 is 0.763 bits per heavy atom. The van der Waals surface area contributed by atoms with Gasteiger partial charge < -0.3 is 5.11 Å². The minimum absolute atomic E-state index is 0.535. The van der Waals surface area contributed by atoms with Crippen molar-refractivity contribution in [3.05, 3.63) is 71.8 Å². The fraction of sp³-hybridized carbons (Fsp3) is 0.676. The summed E-state index contributed by atoms with van der Waals surface area (Å²) in [5.41, 5.74) is 2.32. The molecule has 1 nitrogen and oxygen atoms in total. The molecule has 0 heterocycles. The number of hydrogen-bond donors (Lipinski definition) is 1. The van der Waals surface area contributed by atoms with Crippen molar-refractivity contribution < 1.29 is 5.11 Å². The predicted molar refractivity (Wildman–Crippen MR) is 159 cm³/mol. The third kappa shape index (κ3) is 4.40. The van der Waals surface area contributed by atoms with Gasteiger partial charge in [0.2, 0.25) is 0 Å². The third-order valence-corrected chi connectivity index (χ3v) is 13.0. The number of fused-ring (bicyclic) bond motifs is 5. The van der Waals surface area contributed by atoms with E-state index in [4.69, 9.17) is 0 Å². The van der Waals surface area contributed by atoms with E-state index >= 15 is 0 Å². The maximum atomic E-state index is 12.0. The van der Waals surface area contributed by atoms with Crippen molar-refractivity contribution in [2.45, 2.75) is 110 Å². The number of benzene rings is 2. The van der Waals surface area contributed by atoms with Crippen molar-refractivity contribution in [1.29, 1.82) is 0 Å². The first-order valence-electron chi connectivity index (χ1n) is 16.2. The average molecular weight is 513 g/mol. The van der Waals surface area contributed by atoms with Gasteiger partial charge >= 0.3 is 0 Å². The van der Waals surface area contributed by atoms with E-state index < -0.39 is 5.60 Å². The Balaban J connectivity index is 1.14. The topological polar surface area (TPSA) is 20.2 Å². The second-order valence-electron chi connectivity index (χ2n) is 14.6. The van der Waals surface area contributed by atoms with Gasteiger partial charge in [0, 0.05) is 0 Å². The molecule has 4 aliphatic rings. The zero-order chi connectivity index (χ0) is 26.4. The summed E-state index contributed by atoms with van der Waals surface area (Å²) >= 11 is 0. The summed E-state index contributed by atoms with van der Waals surface area (Å²) in [6.45, 7) is 7.97. The van der Waals surface area contributed by atoms with E-state index in [1.165, 1.54) is 70.6 Å². The molecule has 0 spiro atoms. The normalized spacial score (nSPS) is 37.6. The van der Waals surface area contributed by atoms with Gasteiger partial charge in [0.25, 0.3) is 0 Å². The fourth-order valence-corrected chi connectivity index (χ4v) is 11.0. The predicted octanol–water partition coefficient (Wildman–Crippen LogP) is 9.78. The summed E-state index contributed by atoms with van der Waals surface area (Å²) in [7, 11) is 0. The minimum Gasteiger partial charge on any atom is -0.380 e. The van der Waals surface area contributed by atoms with E-state index in [-0.39, 0.29) is 0 Å². The molecule has 1 heteroatoms. The lowest BCUT2D eigenvalue weighted by atomic mass is 9.44. The molecule has 0 amide bonds. The number of hydrogen-bond acceptors (Lipinski definition) is 1. The van der Waals surface area contributed by atoms with Crippen molar-refractivity contribution >= 4 is 0 Å². The van der Waals surface area contributed by atoms with Crippen LogP contribution in [-0.2, 0) is 5.60 Å². The molecule has 1 N–H and O–H groups in total. The summed E-state index contributed by atoms with van der Waals surface area (Å²) in [4.78, 5) is 0. The van der Waals surface area contributed by atoms with E-state index in [2.05, 4.69) is 69.3 Å². The zero-order valence-corrected chi connectivity index (χ0v) is 24.4. The van der Waals surface area contributed by atoms with Crippen LogP contribution in [0, 0.1) is 46.3 Å². The molecule has 2 aromatic carbocycles. The highest BCUT2D eigenvalue weighted by Crippen LogP contribution is 2.68. The van der Waals surface area contributed by atoms with Crippen molar-refractivity contribution in [1.82, 2.24) is 0 Å². The van der Waals surface area contributed by atoms with Crippen molar-refractivity contribution in [2.75, 3.05) is 0 Å². The van der Waals surface area contributed by atoms with Gasteiger partial charge in [0.05, 0.1) is 0 Å². The quantitative estimate of drug-likeness (QED) is 0.391. The van der Waals surface area contributed by atoms with Crippen molar-refractivity contribution in [3.8, 4) is 0 Å². The molecule has 4 fully saturated rings. The van der Waals surface area contributed by atoms with Crippen LogP contribution >= 0.6 is 0 Å². The van der Waals surface area contributed by atoms with Crippen molar-refractivity contribution in [2.24, 2.45) is 46.3 Å². The highest BCUT2D eigenvalue weighted by atomic mass is 16.3.